The zero-order valence-electron chi connectivity index (χ0n) is 13.2. The number of amides is 3. The Balaban J connectivity index is 1.63. The van der Waals surface area contributed by atoms with Gasteiger partial charge < -0.3 is 10.2 Å². The first-order chi connectivity index (χ1) is 10.5. The van der Waals surface area contributed by atoms with Crippen molar-refractivity contribution in [2.75, 3.05) is 26.7 Å². The highest BCUT2D eigenvalue weighted by molar-refractivity contribution is 6.06. The van der Waals surface area contributed by atoms with Crippen molar-refractivity contribution in [2.24, 2.45) is 5.92 Å². The lowest BCUT2D eigenvalue weighted by atomic mass is 9.80. The molecular formula is C15H23N5O2. The number of nitrogens with one attached hydrogen (secondary N) is 1. The van der Waals surface area contributed by atoms with E-state index in [0.717, 1.165) is 39.0 Å². The highest BCUT2D eigenvalue weighted by Crippen LogP contribution is 2.31. The molecule has 120 valence electrons. The maximum absolute atomic E-state index is 12.4. The summed E-state index contributed by atoms with van der Waals surface area (Å²) >= 11 is 0. The van der Waals surface area contributed by atoms with Crippen molar-refractivity contribution >= 4 is 11.9 Å². The summed E-state index contributed by atoms with van der Waals surface area (Å²) in [5.74, 6) is 0.0386. The maximum atomic E-state index is 12.4. The Hall–Kier alpha value is -1.89. The lowest BCUT2D eigenvalue weighted by molar-refractivity contribution is -0.132. The van der Waals surface area contributed by atoms with Gasteiger partial charge in [0, 0.05) is 38.4 Å². The van der Waals surface area contributed by atoms with E-state index in [1.807, 2.05) is 23.9 Å². The number of urea groups is 1. The number of likely N-dealkylation sites (N-methyl/N-ethyl adjacent to an activating group) is 1. The van der Waals surface area contributed by atoms with Crippen LogP contribution in [0.25, 0.3) is 0 Å². The van der Waals surface area contributed by atoms with E-state index in [0.29, 0.717) is 0 Å². The third-order valence-electron chi connectivity index (χ3n) is 4.95. The number of hydrogen-bond acceptors (Lipinski definition) is 4. The Morgan fingerprint density at radius 1 is 1.41 bits per heavy atom. The molecule has 0 bridgehead atoms. The molecule has 1 aromatic heterocycles. The van der Waals surface area contributed by atoms with Gasteiger partial charge in [-0.1, -0.05) is 0 Å². The van der Waals surface area contributed by atoms with Crippen LogP contribution in [-0.2, 0) is 11.3 Å². The predicted molar refractivity (Wildman–Crippen MR) is 81.1 cm³/mol. The molecule has 7 heteroatoms. The average Bonchev–Trinajstić information content (AvgIpc) is 3.10. The summed E-state index contributed by atoms with van der Waals surface area (Å²) in [7, 11) is 1.54. The third-order valence-corrected chi connectivity index (χ3v) is 4.95. The van der Waals surface area contributed by atoms with Gasteiger partial charge in [-0.25, -0.2) is 4.79 Å². The van der Waals surface area contributed by atoms with Gasteiger partial charge >= 0.3 is 6.03 Å². The number of aromatic nitrogens is 2. The van der Waals surface area contributed by atoms with Crippen LogP contribution in [0.3, 0.4) is 0 Å². The van der Waals surface area contributed by atoms with E-state index in [9.17, 15) is 9.59 Å². The largest absolute Gasteiger partial charge is 0.324 e. The van der Waals surface area contributed by atoms with Crippen LogP contribution in [0.5, 0.6) is 0 Å². The van der Waals surface area contributed by atoms with Crippen LogP contribution in [0, 0.1) is 5.92 Å². The van der Waals surface area contributed by atoms with Gasteiger partial charge in [0.25, 0.3) is 5.91 Å². The minimum absolute atomic E-state index is 0.114. The van der Waals surface area contributed by atoms with Crippen LogP contribution in [-0.4, -0.2) is 63.7 Å². The summed E-state index contributed by atoms with van der Waals surface area (Å²) < 4.78 is 1.92. The van der Waals surface area contributed by atoms with Crippen LogP contribution in [0.4, 0.5) is 4.79 Å². The van der Waals surface area contributed by atoms with Gasteiger partial charge in [0.05, 0.1) is 6.54 Å². The van der Waals surface area contributed by atoms with Gasteiger partial charge in [0.15, 0.2) is 0 Å². The van der Waals surface area contributed by atoms with Crippen LogP contribution in [0.15, 0.2) is 18.5 Å². The first-order valence-corrected chi connectivity index (χ1v) is 7.81. The van der Waals surface area contributed by atoms with Crippen molar-refractivity contribution in [3.8, 4) is 0 Å². The molecule has 3 heterocycles. The topological polar surface area (TPSA) is 70.5 Å². The molecule has 0 aliphatic carbocycles. The first-order valence-electron chi connectivity index (χ1n) is 7.81. The molecule has 2 aliphatic heterocycles. The van der Waals surface area contributed by atoms with Crippen molar-refractivity contribution in [3.63, 3.8) is 0 Å². The molecule has 2 aliphatic rings. The minimum Gasteiger partial charge on any atom is -0.323 e. The quantitative estimate of drug-likeness (QED) is 0.824. The predicted octanol–water partition coefficient (Wildman–Crippen LogP) is 0.535. The van der Waals surface area contributed by atoms with Crippen LogP contribution >= 0.6 is 0 Å². The molecule has 0 saturated carbocycles. The fraction of sp³-hybridized carbons (Fsp3) is 0.667. The number of piperidine rings is 1. The molecule has 22 heavy (non-hydrogen) atoms. The van der Waals surface area contributed by atoms with Crippen molar-refractivity contribution in [2.45, 2.75) is 31.8 Å². The third kappa shape index (κ3) is 2.61. The van der Waals surface area contributed by atoms with Crippen molar-refractivity contribution < 1.29 is 9.59 Å². The lowest BCUT2D eigenvalue weighted by Crippen LogP contribution is -2.56. The first kappa shape index (κ1) is 15.0. The van der Waals surface area contributed by atoms with Crippen molar-refractivity contribution in [1.82, 2.24) is 24.9 Å². The molecule has 2 atom stereocenters. The van der Waals surface area contributed by atoms with E-state index < -0.39 is 5.54 Å². The number of nitrogens with zero attached hydrogens (tertiary/aromatic N) is 4. The molecule has 3 rings (SSSR count). The summed E-state index contributed by atoms with van der Waals surface area (Å²) in [6.07, 6.45) is 5.75. The highest BCUT2D eigenvalue weighted by atomic mass is 16.2. The fourth-order valence-electron chi connectivity index (χ4n) is 3.48. The number of carbonyl (C=O) groups is 2. The summed E-state index contributed by atoms with van der Waals surface area (Å²) in [5, 5.41) is 7.10. The summed E-state index contributed by atoms with van der Waals surface area (Å²) in [4.78, 5) is 27.7. The van der Waals surface area contributed by atoms with E-state index in [1.165, 1.54) is 4.90 Å². The normalized spacial score (nSPS) is 29.9. The number of rotatable bonds is 4. The molecule has 7 nitrogen and oxygen atoms in total. The van der Waals surface area contributed by atoms with Crippen molar-refractivity contribution in [3.05, 3.63) is 18.5 Å². The fourth-order valence-corrected chi connectivity index (χ4v) is 3.48. The van der Waals surface area contributed by atoms with Crippen LogP contribution in [0.1, 0.15) is 19.8 Å². The molecule has 1 N–H and O–H groups in total. The standard InChI is InChI=1S/C15H23N5O2/c1-15(13(21)18(2)14(22)17-15)12-5-3-7-19(11-12)9-10-20-8-4-6-16-20/h4,6,8,12H,3,5,7,9-11H2,1-2H3,(H,17,22)/t12-,15-/m0/s1. The van der Waals surface area contributed by atoms with Crippen molar-refractivity contribution in [1.29, 1.82) is 0 Å². The zero-order chi connectivity index (χ0) is 15.7. The zero-order valence-corrected chi connectivity index (χ0v) is 13.2. The van der Waals surface area contributed by atoms with E-state index in [1.54, 1.807) is 13.2 Å². The van der Waals surface area contributed by atoms with E-state index in [2.05, 4.69) is 15.3 Å². The molecule has 0 spiro atoms. The number of imide groups is 1. The van der Waals surface area contributed by atoms with Crippen LogP contribution < -0.4 is 5.32 Å². The van der Waals surface area contributed by atoms with Gasteiger partial charge in [0.1, 0.15) is 5.54 Å². The Bertz CT molecular complexity index is 558. The minimum atomic E-state index is -0.768. The van der Waals surface area contributed by atoms with Gasteiger partial charge in [0.2, 0.25) is 0 Å². The Morgan fingerprint density at radius 2 is 2.23 bits per heavy atom. The van der Waals surface area contributed by atoms with Gasteiger partial charge in [-0.2, -0.15) is 5.10 Å². The second-order valence-electron chi connectivity index (χ2n) is 6.41. The summed E-state index contributed by atoms with van der Waals surface area (Å²) in [6, 6.07) is 1.63. The molecular weight excluding hydrogens is 282 g/mol. The molecule has 1 aromatic rings. The smallest absolute Gasteiger partial charge is 0.323 e. The molecule has 2 saturated heterocycles. The van der Waals surface area contributed by atoms with Gasteiger partial charge in [-0.3, -0.25) is 14.4 Å². The maximum Gasteiger partial charge on any atom is 0.324 e. The summed E-state index contributed by atoms with van der Waals surface area (Å²) in [5.41, 5.74) is -0.768. The van der Waals surface area contributed by atoms with E-state index in [-0.39, 0.29) is 17.9 Å². The number of likely N-dealkylation sites (tertiary alicyclic amines) is 1. The SMILES string of the molecule is CN1C(=O)N[C@@](C)([C@H]2CCCN(CCn3cccn3)C2)C1=O. The van der Waals surface area contributed by atoms with Gasteiger partial charge in [-0.05, 0) is 32.4 Å². The Kier molecular flexibility index (Phi) is 3.90. The highest BCUT2D eigenvalue weighted by Gasteiger charge is 2.51. The Morgan fingerprint density at radius 3 is 2.86 bits per heavy atom. The second kappa shape index (κ2) is 5.72. The molecule has 3 amide bonds. The monoisotopic (exact) mass is 305 g/mol. The average molecular weight is 305 g/mol. The Labute approximate surface area is 130 Å². The van der Waals surface area contributed by atoms with Gasteiger partial charge in [-0.15, -0.1) is 0 Å². The van der Waals surface area contributed by atoms with E-state index in [4.69, 9.17) is 0 Å². The summed E-state index contributed by atoms with van der Waals surface area (Å²) in [6.45, 7) is 5.48. The molecule has 2 fully saturated rings. The molecule has 0 unspecified atom stereocenters. The van der Waals surface area contributed by atoms with Crippen LogP contribution in [0.2, 0.25) is 0 Å². The molecule has 0 radical (unpaired) electrons. The van der Waals surface area contributed by atoms with E-state index >= 15 is 0 Å². The number of carbonyl (C=O) groups excluding carboxylic acids is 2. The molecule has 0 aromatic carbocycles. The number of hydrogen-bond donors (Lipinski definition) is 1. The second-order valence-corrected chi connectivity index (χ2v) is 6.41. The lowest BCUT2D eigenvalue weighted by Gasteiger charge is -2.39.